The number of tetrazole rings is 1. The molecular formula is C11H13Cl2N5O2S. The largest absolute Gasteiger partial charge is 0.399 e. The van der Waals surface area contributed by atoms with Gasteiger partial charge in [-0.25, -0.2) is 13.1 Å². The van der Waals surface area contributed by atoms with Gasteiger partial charge in [0, 0.05) is 24.1 Å². The molecule has 0 amide bonds. The molecule has 0 aliphatic rings. The van der Waals surface area contributed by atoms with E-state index < -0.39 is 9.84 Å². The maximum atomic E-state index is 11.1. The SMILES string of the molecule is CS(=O)(=O)CCCn1nnnc1-c1cc(N)cc(Cl)c1Cl. The summed E-state index contributed by atoms with van der Waals surface area (Å²) in [7, 11) is -3.03. The lowest BCUT2D eigenvalue weighted by Gasteiger charge is -2.08. The number of hydrogen-bond acceptors (Lipinski definition) is 6. The molecule has 1 heterocycles. The van der Waals surface area contributed by atoms with Crippen LogP contribution in [0.2, 0.25) is 10.0 Å². The molecule has 0 saturated carbocycles. The Morgan fingerprint density at radius 2 is 2.05 bits per heavy atom. The molecule has 0 bridgehead atoms. The van der Waals surface area contributed by atoms with E-state index in [1.165, 1.54) is 17.0 Å². The lowest BCUT2D eigenvalue weighted by atomic mass is 10.2. The predicted molar refractivity (Wildman–Crippen MR) is 82.0 cm³/mol. The second kappa shape index (κ2) is 6.17. The van der Waals surface area contributed by atoms with Crippen LogP contribution in [-0.4, -0.2) is 40.6 Å². The third-order valence-corrected chi connectivity index (χ3v) is 4.54. The number of benzene rings is 1. The fraction of sp³-hybridized carbons (Fsp3) is 0.364. The van der Waals surface area contributed by atoms with Crippen molar-refractivity contribution < 1.29 is 8.42 Å². The van der Waals surface area contributed by atoms with Crippen LogP contribution in [0.25, 0.3) is 11.4 Å². The van der Waals surface area contributed by atoms with Gasteiger partial charge in [-0.05, 0) is 29.0 Å². The maximum absolute atomic E-state index is 11.1. The second-order valence-corrected chi connectivity index (χ2v) is 7.62. The van der Waals surface area contributed by atoms with Crippen molar-refractivity contribution in [2.45, 2.75) is 13.0 Å². The van der Waals surface area contributed by atoms with Gasteiger partial charge < -0.3 is 5.73 Å². The van der Waals surface area contributed by atoms with E-state index in [0.717, 1.165) is 0 Å². The Bertz CT molecular complexity index is 760. The van der Waals surface area contributed by atoms with Gasteiger partial charge in [0.15, 0.2) is 5.82 Å². The van der Waals surface area contributed by atoms with E-state index in [1.807, 2.05) is 0 Å². The maximum Gasteiger partial charge on any atom is 0.183 e. The van der Waals surface area contributed by atoms with Crippen molar-refractivity contribution in [1.29, 1.82) is 0 Å². The number of halogens is 2. The van der Waals surface area contributed by atoms with Crippen LogP contribution in [0.5, 0.6) is 0 Å². The van der Waals surface area contributed by atoms with Gasteiger partial charge in [-0.3, -0.25) is 0 Å². The molecule has 0 saturated heterocycles. The van der Waals surface area contributed by atoms with Gasteiger partial charge >= 0.3 is 0 Å². The number of nitrogens with zero attached hydrogens (tertiary/aromatic N) is 4. The first-order valence-electron chi connectivity index (χ1n) is 5.97. The number of sulfone groups is 1. The Morgan fingerprint density at radius 1 is 1.33 bits per heavy atom. The number of nitrogens with two attached hydrogens (primary N) is 1. The van der Waals surface area contributed by atoms with Crippen molar-refractivity contribution in [3.63, 3.8) is 0 Å². The molecule has 2 aromatic rings. The van der Waals surface area contributed by atoms with Crippen molar-refractivity contribution >= 4 is 38.7 Å². The van der Waals surface area contributed by atoms with Gasteiger partial charge in [0.25, 0.3) is 0 Å². The highest BCUT2D eigenvalue weighted by Gasteiger charge is 2.16. The second-order valence-electron chi connectivity index (χ2n) is 4.57. The van der Waals surface area contributed by atoms with Gasteiger partial charge in [0.2, 0.25) is 0 Å². The zero-order valence-electron chi connectivity index (χ0n) is 11.1. The Kier molecular flexibility index (Phi) is 4.70. The number of nitrogen functional groups attached to an aromatic ring is 1. The molecule has 0 fully saturated rings. The van der Waals surface area contributed by atoms with Crippen LogP contribution in [0.3, 0.4) is 0 Å². The van der Waals surface area contributed by atoms with E-state index in [4.69, 9.17) is 28.9 Å². The molecule has 114 valence electrons. The van der Waals surface area contributed by atoms with Crippen LogP contribution in [-0.2, 0) is 16.4 Å². The molecule has 0 spiro atoms. The number of hydrogen-bond donors (Lipinski definition) is 1. The third-order valence-electron chi connectivity index (χ3n) is 2.71. The first-order chi connectivity index (χ1) is 9.78. The van der Waals surface area contributed by atoms with Crippen molar-refractivity contribution in [3.8, 4) is 11.4 Å². The zero-order valence-corrected chi connectivity index (χ0v) is 13.5. The fourth-order valence-electron chi connectivity index (χ4n) is 1.80. The summed E-state index contributed by atoms with van der Waals surface area (Å²) in [5, 5.41) is 11.9. The van der Waals surface area contributed by atoms with E-state index >= 15 is 0 Å². The smallest absolute Gasteiger partial charge is 0.183 e. The van der Waals surface area contributed by atoms with Gasteiger partial charge in [-0.2, -0.15) is 0 Å². The molecule has 0 radical (unpaired) electrons. The van der Waals surface area contributed by atoms with E-state index in [9.17, 15) is 8.42 Å². The van der Waals surface area contributed by atoms with Crippen molar-refractivity contribution in [2.75, 3.05) is 17.7 Å². The lowest BCUT2D eigenvalue weighted by Crippen LogP contribution is -2.09. The fourth-order valence-corrected chi connectivity index (χ4v) is 2.87. The van der Waals surface area contributed by atoms with E-state index in [2.05, 4.69) is 15.5 Å². The average Bonchev–Trinajstić information content (AvgIpc) is 2.80. The first kappa shape index (κ1) is 16.0. The van der Waals surface area contributed by atoms with E-state index in [0.29, 0.717) is 40.1 Å². The Hall–Kier alpha value is -1.38. The molecule has 1 aromatic heterocycles. The highest BCUT2D eigenvalue weighted by atomic mass is 35.5. The summed E-state index contributed by atoms with van der Waals surface area (Å²) in [6.07, 6.45) is 1.58. The van der Waals surface area contributed by atoms with Gasteiger partial charge in [-0.15, -0.1) is 5.10 Å². The van der Waals surface area contributed by atoms with Crippen LogP contribution < -0.4 is 5.73 Å². The molecule has 0 atom stereocenters. The van der Waals surface area contributed by atoms with E-state index in [1.54, 1.807) is 6.07 Å². The Morgan fingerprint density at radius 3 is 2.71 bits per heavy atom. The summed E-state index contributed by atoms with van der Waals surface area (Å²) in [4.78, 5) is 0. The van der Waals surface area contributed by atoms with Crippen LogP contribution in [0.1, 0.15) is 6.42 Å². The summed E-state index contributed by atoms with van der Waals surface area (Å²) < 4.78 is 23.8. The summed E-state index contributed by atoms with van der Waals surface area (Å²) in [6.45, 7) is 0.345. The van der Waals surface area contributed by atoms with Crippen LogP contribution >= 0.6 is 23.2 Å². The number of aromatic nitrogens is 4. The Labute approximate surface area is 132 Å². The minimum atomic E-state index is -3.03. The van der Waals surface area contributed by atoms with Crippen molar-refractivity contribution in [3.05, 3.63) is 22.2 Å². The predicted octanol–water partition coefficient (Wildman–Crippen LogP) is 1.66. The molecule has 2 N–H and O–H groups in total. The molecule has 10 heteroatoms. The number of aryl methyl sites for hydroxylation is 1. The average molecular weight is 350 g/mol. The van der Waals surface area contributed by atoms with Gasteiger partial charge in [-0.1, -0.05) is 23.2 Å². The normalized spacial score (nSPS) is 11.8. The number of rotatable bonds is 5. The highest BCUT2D eigenvalue weighted by molar-refractivity contribution is 7.90. The molecule has 0 unspecified atom stereocenters. The zero-order chi connectivity index (χ0) is 15.6. The molecule has 21 heavy (non-hydrogen) atoms. The minimum absolute atomic E-state index is 0.0533. The molecular weight excluding hydrogens is 337 g/mol. The van der Waals surface area contributed by atoms with Gasteiger partial charge in [0.1, 0.15) is 9.84 Å². The summed E-state index contributed by atoms with van der Waals surface area (Å²) in [5.74, 6) is 0.445. The molecule has 0 aliphatic carbocycles. The number of anilines is 1. The summed E-state index contributed by atoms with van der Waals surface area (Å²) in [5.41, 5.74) is 6.68. The standard InChI is InChI=1S/C11H13Cl2N5O2S/c1-21(19,20)4-2-3-18-11(15-16-17-18)8-5-7(14)6-9(12)10(8)13/h5-6H,2-4,14H2,1H3. The summed E-state index contributed by atoms with van der Waals surface area (Å²) in [6, 6.07) is 3.15. The first-order valence-corrected chi connectivity index (χ1v) is 8.78. The molecule has 2 rings (SSSR count). The highest BCUT2D eigenvalue weighted by Crippen LogP contribution is 2.34. The Balaban J connectivity index is 2.29. The van der Waals surface area contributed by atoms with Crippen molar-refractivity contribution in [2.24, 2.45) is 0 Å². The molecule has 7 nitrogen and oxygen atoms in total. The molecule has 0 aliphatic heterocycles. The third kappa shape index (κ3) is 4.05. The van der Waals surface area contributed by atoms with Crippen LogP contribution in [0.4, 0.5) is 5.69 Å². The lowest BCUT2D eigenvalue weighted by molar-refractivity contribution is 0.567. The quantitative estimate of drug-likeness (QED) is 0.823. The topological polar surface area (TPSA) is 104 Å². The van der Waals surface area contributed by atoms with Crippen LogP contribution in [0, 0.1) is 0 Å². The minimum Gasteiger partial charge on any atom is -0.399 e. The summed E-state index contributed by atoms with van der Waals surface area (Å²) >= 11 is 12.1. The van der Waals surface area contributed by atoms with Crippen molar-refractivity contribution in [1.82, 2.24) is 20.2 Å². The molecule has 1 aromatic carbocycles. The van der Waals surface area contributed by atoms with E-state index in [-0.39, 0.29) is 5.75 Å². The van der Waals surface area contributed by atoms with Crippen LogP contribution in [0.15, 0.2) is 12.1 Å². The monoisotopic (exact) mass is 349 g/mol. The van der Waals surface area contributed by atoms with Gasteiger partial charge in [0.05, 0.1) is 15.8 Å².